The zero-order valence-electron chi connectivity index (χ0n) is 11.4. The minimum absolute atomic E-state index is 0.732. The van der Waals surface area contributed by atoms with Crippen LogP contribution in [0.5, 0.6) is 5.75 Å². The van der Waals surface area contributed by atoms with E-state index in [4.69, 9.17) is 4.74 Å². The molecule has 3 atom stereocenters. The van der Waals surface area contributed by atoms with Crippen molar-refractivity contribution >= 4 is 15.9 Å². The summed E-state index contributed by atoms with van der Waals surface area (Å²) < 4.78 is 5.93. The van der Waals surface area contributed by atoms with Crippen LogP contribution in [0.1, 0.15) is 31.7 Å². The number of hydrogen-bond acceptors (Lipinski definition) is 1. The average molecular weight is 311 g/mol. The van der Waals surface area contributed by atoms with Crippen LogP contribution in [0.3, 0.4) is 0 Å². The Balaban J connectivity index is 1.81. The third-order valence-electron chi connectivity index (χ3n) is 4.13. The van der Waals surface area contributed by atoms with Crippen molar-refractivity contribution in [3.8, 4) is 5.75 Å². The maximum Gasteiger partial charge on any atom is 0.119 e. The first-order chi connectivity index (χ1) is 8.69. The lowest BCUT2D eigenvalue weighted by Crippen LogP contribution is -2.27. The van der Waals surface area contributed by atoms with Crippen molar-refractivity contribution < 1.29 is 4.74 Å². The monoisotopic (exact) mass is 310 g/mol. The molecule has 1 aliphatic rings. The predicted molar refractivity (Wildman–Crippen MR) is 80.5 cm³/mol. The highest BCUT2D eigenvalue weighted by molar-refractivity contribution is 9.09. The first kappa shape index (κ1) is 13.9. The van der Waals surface area contributed by atoms with E-state index in [9.17, 15) is 0 Å². The second-order valence-corrected chi connectivity index (χ2v) is 6.35. The van der Waals surface area contributed by atoms with E-state index in [-0.39, 0.29) is 0 Å². The van der Waals surface area contributed by atoms with Crippen LogP contribution in [0, 0.1) is 24.7 Å². The lowest BCUT2D eigenvalue weighted by atomic mass is 9.76. The molecule has 0 N–H and O–H groups in total. The smallest absolute Gasteiger partial charge is 0.119 e. The zero-order valence-corrected chi connectivity index (χ0v) is 12.9. The minimum Gasteiger partial charge on any atom is -0.493 e. The van der Waals surface area contributed by atoms with Crippen molar-refractivity contribution in [3.63, 3.8) is 0 Å². The Morgan fingerprint density at radius 3 is 2.83 bits per heavy atom. The molecule has 0 spiro atoms. The van der Waals surface area contributed by atoms with Crippen LogP contribution >= 0.6 is 15.9 Å². The van der Waals surface area contributed by atoms with Gasteiger partial charge in [0.25, 0.3) is 0 Å². The second kappa shape index (κ2) is 6.60. The van der Waals surface area contributed by atoms with Gasteiger partial charge < -0.3 is 4.74 Å². The van der Waals surface area contributed by atoms with Crippen molar-refractivity contribution in [1.82, 2.24) is 0 Å². The topological polar surface area (TPSA) is 9.23 Å². The van der Waals surface area contributed by atoms with Crippen LogP contribution in [-0.4, -0.2) is 11.9 Å². The minimum atomic E-state index is 0.732. The Morgan fingerprint density at radius 1 is 1.33 bits per heavy atom. The van der Waals surface area contributed by atoms with Crippen LogP contribution in [0.15, 0.2) is 24.3 Å². The second-order valence-electron chi connectivity index (χ2n) is 5.70. The molecule has 18 heavy (non-hydrogen) atoms. The van der Waals surface area contributed by atoms with Gasteiger partial charge in [-0.25, -0.2) is 0 Å². The van der Waals surface area contributed by atoms with Crippen molar-refractivity contribution in [2.45, 2.75) is 33.1 Å². The molecule has 0 aromatic heterocycles. The highest BCUT2D eigenvalue weighted by atomic mass is 79.9. The molecule has 0 bridgehead atoms. The summed E-state index contributed by atoms with van der Waals surface area (Å²) in [4.78, 5) is 0. The summed E-state index contributed by atoms with van der Waals surface area (Å²) in [5.74, 6) is 3.44. The van der Waals surface area contributed by atoms with E-state index in [2.05, 4.69) is 54.0 Å². The molecule has 0 heterocycles. The summed E-state index contributed by atoms with van der Waals surface area (Å²) in [7, 11) is 0. The quantitative estimate of drug-likeness (QED) is 0.724. The fraction of sp³-hybridized carbons (Fsp3) is 0.625. The summed E-state index contributed by atoms with van der Waals surface area (Å²) in [5.41, 5.74) is 1.27. The molecule has 1 nitrogen and oxygen atoms in total. The molecule has 1 aliphatic carbocycles. The molecule has 1 aromatic rings. The molecule has 1 saturated carbocycles. The van der Waals surface area contributed by atoms with Gasteiger partial charge in [-0.15, -0.1) is 0 Å². The van der Waals surface area contributed by atoms with Gasteiger partial charge in [-0.05, 0) is 61.6 Å². The molecule has 2 heteroatoms. The molecular formula is C16H23BrO. The van der Waals surface area contributed by atoms with Gasteiger partial charge >= 0.3 is 0 Å². The fourth-order valence-electron chi connectivity index (χ4n) is 2.87. The van der Waals surface area contributed by atoms with Gasteiger partial charge in [-0.2, -0.15) is 0 Å². The van der Waals surface area contributed by atoms with Crippen LogP contribution in [-0.2, 0) is 0 Å². The maximum absolute atomic E-state index is 5.93. The molecule has 0 amide bonds. The molecule has 0 saturated heterocycles. The fourth-order valence-corrected chi connectivity index (χ4v) is 3.83. The normalized spacial score (nSPS) is 28.1. The van der Waals surface area contributed by atoms with Gasteiger partial charge in [0, 0.05) is 5.33 Å². The molecule has 100 valence electrons. The van der Waals surface area contributed by atoms with E-state index in [0.29, 0.717) is 0 Å². The van der Waals surface area contributed by atoms with Crippen molar-refractivity contribution in [2.75, 3.05) is 11.9 Å². The first-order valence-corrected chi connectivity index (χ1v) is 8.06. The maximum atomic E-state index is 5.93. The standard InChI is InChI=1S/C16H23BrO/c1-12-4-3-5-16(8-12)18-11-14-6-7-15(10-17)13(2)9-14/h3-5,8,13-15H,6-7,9-11H2,1-2H3. The van der Waals surface area contributed by atoms with Crippen molar-refractivity contribution in [1.29, 1.82) is 0 Å². The van der Waals surface area contributed by atoms with E-state index >= 15 is 0 Å². The molecule has 1 aromatic carbocycles. The molecule has 3 unspecified atom stereocenters. The number of benzene rings is 1. The van der Waals surface area contributed by atoms with Gasteiger partial charge in [0.15, 0.2) is 0 Å². The summed E-state index contributed by atoms with van der Waals surface area (Å²) in [6.45, 7) is 5.36. The Hall–Kier alpha value is -0.500. The molecule has 1 fully saturated rings. The zero-order chi connectivity index (χ0) is 13.0. The Morgan fingerprint density at radius 2 is 2.17 bits per heavy atom. The summed E-state index contributed by atoms with van der Waals surface area (Å²) in [6, 6.07) is 8.35. The number of alkyl halides is 1. The largest absolute Gasteiger partial charge is 0.493 e. The number of aryl methyl sites for hydroxylation is 1. The number of ether oxygens (including phenoxy) is 1. The number of hydrogen-bond donors (Lipinski definition) is 0. The van der Waals surface area contributed by atoms with E-state index in [1.54, 1.807) is 0 Å². The van der Waals surface area contributed by atoms with Crippen LogP contribution in [0.4, 0.5) is 0 Å². The van der Waals surface area contributed by atoms with E-state index in [0.717, 1.165) is 35.4 Å². The van der Waals surface area contributed by atoms with Crippen LogP contribution in [0.2, 0.25) is 0 Å². The Labute approximate surface area is 119 Å². The molecule has 2 rings (SSSR count). The van der Waals surface area contributed by atoms with Gasteiger partial charge in [-0.1, -0.05) is 35.0 Å². The average Bonchev–Trinajstić information content (AvgIpc) is 2.37. The summed E-state index contributed by atoms with van der Waals surface area (Å²) in [5, 5.41) is 1.15. The van der Waals surface area contributed by atoms with Gasteiger partial charge in [0.05, 0.1) is 6.61 Å². The number of halogens is 1. The summed E-state index contributed by atoms with van der Waals surface area (Å²) in [6.07, 6.45) is 3.96. The molecule has 0 aliphatic heterocycles. The summed E-state index contributed by atoms with van der Waals surface area (Å²) >= 11 is 3.62. The lowest BCUT2D eigenvalue weighted by Gasteiger charge is -2.33. The lowest BCUT2D eigenvalue weighted by molar-refractivity contribution is 0.150. The van der Waals surface area contributed by atoms with Gasteiger partial charge in [0.2, 0.25) is 0 Å². The van der Waals surface area contributed by atoms with Crippen LogP contribution in [0.25, 0.3) is 0 Å². The van der Waals surface area contributed by atoms with E-state index in [1.807, 2.05) is 0 Å². The number of rotatable bonds is 4. The van der Waals surface area contributed by atoms with Crippen molar-refractivity contribution in [2.24, 2.45) is 17.8 Å². The van der Waals surface area contributed by atoms with E-state index in [1.165, 1.54) is 24.8 Å². The molecule has 0 radical (unpaired) electrons. The van der Waals surface area contributed by atoms with Crippen LogP contribution < -0.4 is 4.74 Å². The van der Waals surface area contributed by atoms with Gasteiger partial charge in [0.1, 0.15) is 5.75 Å². The third-order valence-corrected chi connectivity index (χ3v) is 4.96. The Bertz CT molecular complexity index is 377. The van der Waals surface area contributed by atoms with Gasteiger partial charge in [-0.3, -0.25) is 0 Å². The first-order valence-electron chi connectivity index (χ1n) is 6.94. The molecular weight excluding hydrogens is 288 g/mol. The highest BCUT2D eigenvalue weighted by Crippen LogP contribution is 2.34. The SMILES string of the molecule is Cc1cccc(OCC2CCC(CBr)C(C)C2)c1. The Kier molecular flexibility index (Phi) is 5.11. The highest BCUT2D eigenvalue weighted by Gasteiger charge is 2.26. The van der Waals surface area contributed by atoms with E-state index < -0.39 is 0 Å². The van der Waals surface area contributed by atoms with Crippen molar-refractivity contribution in [3.05, 3.63) is 29.8 Å². The third kappa shape index (κ3) is 3.74. The predicted octanol–water partition coefficient (Wildman–Crippen LogP) is 4.82.